The number of carbonyl (C=O) groups is 2. The number of halogens is 1. The van der Waals surface area contributed by atoms with Crippen LogP contribution >= 0.6 is 11.6 Å². The van der Waals surface area contributed by atoms with Crippen LogP contribution in [-0.4, -0.2) is 44.4 Å². The third-order valence-corrected chi connectivity index (χ3v) is 5.55. The minimum Gasteiger partial charge on any atom is -0.351 e. The normalized spacial score (nSPS) is 13.7. The molecule has 0 aliphatic heterocycles. The number of nitrogens with one attached hydrogen (secondary N) is 3. The molecule has 0 bridgehead atoms. The van der Waals surface area contributed by atoms with Gasteiger partial charge in [-0.3, -0.25) is 4.79 Å². The maximum Gasteiger partial charge on any atom is 0.237 e. The predicted octanol–water partition coefficient (Wildman–Crippen LogP) is 3.61. The molecule has 1 saturated carbocycles. The molecule has 1 unspecified atom stereocenters. The molecule has 182 valence electrons. The van der Waals surface area contributed by atoms with Crippen LogP contribution < -0.4 is 21.7 Å². The summed E-state index contributed by atoms with van der Waals surface area (Å²) >= 11 is 5.61. The Morgan fingerprint density at radius 3 is 2.24 bits per heavy atom. The van der Waals surface area contributed by atoms with Crippen LogP contribution in [0.1, 0.15) is 43.2 Å². The highest BCUT2D eigenvalue weighted by Crippen LogP contribution is 2.17. The highest BCUT2D eigenvalue weighted by atomic mass is 35.5. The van der Waals surface area contributed by atoms with Crippen LogP contribution in [0.15, 0.2) is 54.6 Å². The second-order valence-electron chi connectivity index (χ2n) is 7.97. The highest BCUT2D eigenvalue weighted by Gasteiger charge is 2.18. The van der Waals surface area contributed by atoms with E-state index in [-0.39, 0.29) is 18.5 Å². The number of hydrogen-bond acceptors (Lipinski definition) is 5. The molecule has 1 amide bonds. The average Bonchev–Trinajstić information content (AvgIpc) is 3.37. The zero-order valence-corrected chi connectivity index (χ0v) is 20.6. The van der Waals surface area contributed by atoms with Gasteiger partial charge in [-0.2, -0.15) is 0 Å². The van der Waals surface area contributed by atoms with Gasteiger partial charge in [-0.25, -0.2) is 0 Å². The third kappa shape index (κ3) is 13.8. The van der Waals surface area contributed by atoms with Crippen molar-refractivity contribution in [1.82, 2.24) is 16.0 Å². The first-order valence-electron chi connectivity index (χ1n) is 11.6. The summed E-state index contributed by atoms with van der Waals surface area (Å²) < 4.78 is 0. The molecule has 5 N–H and O–H groups in total. The van der Waals surface area contributed by atoms with Gasteiger partial charge in [-0.15, -0.1) is 0 Å². The minimum atomic E-state index is -0.123. The van der Waals surface area contributed by atoms with Crippen LogP contribution in [-0.2, 0) is 16.1 Å². The fraction of sp³-hybridized carbons (Fsp3) is 0.462. The molecule has 33 heavy (non-hydrogen) atoms. The standard InChI is InChI=1S/C17H27N3O.C7H7Cl.C2H5NO/c1-18-16(11-12-19-15-9-5-6-10-15)17(21)20-13-14-7-3-2-4-8-14;1-6-2-4-7(8)5-3-6;3-1-2-4/h2-4,7-8,15-16,18-19H,5-6,9-13H2,1H3,(H,20,21);2-5H,1H3;2H,1,3H2. The lowest BCUT2D eigenvalue weighted by molar-refractivity contribution is -0.123. The van der Waals surface area contributed by atoms with Gasteiger partial charge >= 0.3 is 0 Å². The first kappa shape index (κ1) is 28.8. The Kier molecular flexibility index (Phi) is 15.9. The fourth-order valence-corrected chi connectivity index (χ4v) is 3.54. The molecule has 1 aliphatic rings. The van der Waals surface area contributed by atoms with Gasteiger partial charge in [0.1, 0.15) is 6.29 Å². The number of likely N-dealkylation sites (N-methyl/N-ethyl adjacent to an activating group) is 1. The second-order valence-corrected chi connectivity index (χ2v) is 8.40. The zero-order chi connectivity index (χ0) is 24.3. The summed E-state index contributed by atoms with van der Waals surface area (Å²) in [6.07, 6.45) is 6.72. The van der Waals surface area contributed by atoms with Crippen molar-refractivity contribution in [1.29, 1.82) is 0 Å². The van der Waals surface area contributed by atoms with Crippen LogP contribution in [0.2, 0.25) is 5.02 Å². The molecule has 0 aromatic heterocycles. The minimum absolute atomic E-state index is 0.0783. The number of benzene rings is 2. The van der Waals surface area contributed by atoms with E-state index in [2.05, 4.69) is 21.7 Å². The van der Waals surface area contributed by atoms with E-state index in [1.165, 1.54) is 31.2 Å². The van der Waals surface area contributed by atoms with Gasteiger partial charge in [-0.1, -0.05) is 72.5 Å². The molecule has 1 fully saturated rings. The Bertz CT molecular complexity index is 745. The molecule has 1 atom stereocenters. The number of amides is 1. The Balaban J connectivity index is 0.000000372. The van der Waals surface area contributed by atoms with Gasteiger partial charge in [0.2, 0.25) is 5.91 Å². The van der Waals surface area contributed by atoms with Crippen molar-refractivity contribution < 1.29 is 9.59 Å². The van der Waals surface area contributed by atoms with Crippen molar-refractivity contribution >= 4 is 23.8 Å². The number of rotatable bonds is 9. The van der Waals surface area contributed by atoms with Crippen molar-refractivity contribution in [3.8, 4) is 0 Å². The van der Waals surface area contributed by atoms with Gasteiger partial charge < -0.3 is 26.5 Å². The van der Waals surface area contributed by atoms with E-state index in [9.17, 15) is 4.79 Å². The predicted molar refractivity (Wildman–Crippen MR) is 137 cm³/mol. The van der Waals surface area contributed by atoms with Crippen molar-refractivity contribution in [3.05, 3.63) is 70.7 Å². The lowest BCUT2D eigenvalue weighted by Gasteiger charge is -2.18. The monoisotopic (exact) mass is 474 g/mol. The van der Waals surface area contributed by atoms with Crippen molar-refractivity contribution in [2.75, 3.05) is 20.1 Å². The summed E-state index contributed by atoms with van der Waals surface area (Å²) in [4.78, 5) is 21.2. The smallest absolute Gasteiger partial charge is 0.237 e. The second kappa shape index (κ2) is 18.2. The van der Waals surface area contributed by atoms with Crippen LogP contribution in [0.25, 0.3) is 0 Å². The van der Waals surface area contributed by atoms with Crippen molar-refractivity contribution in [3.63, 3.8) is 0 Å². The molecule has 0 heterocycles. The molecular weight excluding hydrogens is 436 g/mol. The average molecular weight is 475 g/mol. The summed E-state index contributed by atoms with van der Waals surface area (Å²) in [5.41, 5.74) is 7.03. The Morgan fingerprint density at radius 1 is 1.12 bits per heavy atom. The highest BCUT2D eigenvalue weighted by molar-refractivity contribution is 6.30. The molecule has 7 heteroatoms. The van der Waals surface area contributed by atoms with Crippen LogP contribution in [0.5, 0.6) is 0 Å². The Morgan fingerprint density at radius 2 is 1.73 bits per heavy atom. The lowest BCUT2D eigenvalue weighted by Crippen LogP contribution is -2.44. The summed E-state index contributed by atoms with van der Waals surface area (Å²) in [6, 6.07) is 18.3. The van der Waals surface area contributed by atoms with E-state index in [1.54, 1.807) is 0 Å². The molecule has 0 saturated heterocycles. The van der Waals surface area contributed by atoms with Crippen molar-refractivity contribution in [2.24, 2.45) is 5.73 Å². The summed E-state index contributed by atoms with van der Waals surface area (Å²) in [5.74, 6) is 0.0783. The molecule has 6 nitrogen and oxygen atoms in total. The summed E-state index contributed by atoms with van der Waals surface area (Å²) in [5, 5.41) is 10.5. The number of aryl methyl sites for hydroxylation is 1. The first-order valence-corrected chi connectivity index (χ1v) is 12.0. The Hall–Kier alpha value is -2.25. The number of nitrogens with two attached hydrogens (primary N) is 1. The Labute approximate surface area is 203 Å². The molecule has 0 radical (unpaired) electrons. The molecular formula is C26H39ClN4O2. The van der Waals surface area contributed by atoms with E-state index >= 15 is 0 Å². The number of carbonyl (C=O) groups excluding carboxylic acids is 2. The maximum atomic E-state index is 12.2. The van der Waals surface area contributed by atoms with Gasteiger partial charge in [0.15, 0.2) is 0 Å². The van der Waals surface area contributed by atoms with E-state index in [0.29, 0.717) is 18.9 Å². The largest absolute Gasteiger partial charge is 0.351 e. The van der Waals surface area contributed by atoms with Crippen molar-refractivity contribution in [2.45, 2.75) is 57.7 Å². The third-order valence-electron chi connectivity index (χ3n) is 5.30. The van der Waals surface area contributed by atoms with E-state index in [0.717, 1.165) is 23.6 Å². The van der Waals surface area contributed by atoms with Crippen LogP contribution in [0.3, 0.4) is 0 Å². The molecule has 2 aromatic carbocycles. The zero-order valence-electron chi connectivity index (χ0n) is 19.9. The van der Waals surface area contributed by atoms with Crippen LogP contribution in [0, 0.1) is 6.92 Å². The molecule has 3 rings (SSSR count). The van der Waals surface area contributed by atoms with E-state index < -0.39 is 0 Å². The number of aldehydes is 1. The van der Waals surface area contributed by atoms with Gasteiger partial charge in [0, 0.05) is 24.2 Å². The molecule has 1 aliphatic carbocycles. The summed E-state index contributed by atoms with van der Waals surface area (Å²) in [7, 11) is 1.85. The van der Waals surface area contributed by atoms with Gasteiger partial charge in [0.25, 0.3) is 0 Å². The SMILES string of the molecule is CNC(CCNC1CCCC1)C(=O)NCc1ccccc1.Cc1ccc(Cl)cc1.NCC=O. The van der Waals surface area contributed by atoms with E-state index in [4.69, 9.17) is 16.4 Å². The first-order chi connectivity index (χ1) is 16.0. The summed E-state index contributed by atoms with van der Waals surface area (Å²) in [6.45, 7) is 3.67. The van der Waals surface area contributed by atoms with Gasteiger partial charge in [0.05, 0.1) is 6.04 Å². The van der Waals surface area contributed by atoms with Crippen LogP contribution in [0.4, 0.5) is 0 Å². The number of hydrogen-bond donors (Lipinski definition) is 4. The molecule has 2 aromatic rings. The van der Waals surface area contributed by atoms with Gasteiger partial charge in [-0.05, 0) is 57.5 Å². The topological polar surface area (TPSA) is 96.2 Å². The lowest BCUT2D eigenvalue weighted by atomic mass is 10.1. The maximum absolute atomic E-state index is 12.2. The fourth-order valence-electron chi connectivity index (χ4n) is 3.41. The molecule has 0 spiro atoms. The van der Waals surface area contributed by atoms with E-state index in [1.807, 2.05) is 68.6 Å². The quantitative estimate of drug-likeness (QED) is 0.416.